The standard InChI is InChI=1S/C36H26N2/c1-38-34(24-14-4-2-5-15-24)32-33(37-35(38)25-16-6-3-7-17-25)28-20-10-13-23-31(28)36(32)29-21-11-8-18-26(29)27-19-9-12-22-30(27)36/h2-23,34H,1H3. The van der Waals surface area contributed by atoms with Crippen LogP contribution in [-0.2, 0) is 5.41 Å². The third-order valence-electron chi connectivity index (χ3n) is 8.56. The lowest BCUT2D eigenvalue weighted by atomic mass is 9.66. The first-order valence-electron chi connectivity index (χ1n) is 13.3. The summed E-state index contributed by atoms with van der Waals surface area (Å²) >= 11 is 0. The molecule has 1 spiro atoms. The van der Waals surface area contributed by atoms with Gasteiger partial charge in [-0.2, -0.15) is 0 Å². The number of amidine groups is 1. The van der Waals surface area contributed by atoms with Crippen molar-refractivity contribution in [1.82, 2.24) is 4.90 Å². The van der Waals surface area contributed by atoms with E-state index < -0.39 is 5.41 Å². The van der Waals surface area contributed by atoms with Crippen LogP contribution in [0.2, 0.25) is 0 Å². The van der Waals surface area contributed by atoms with Gasteiger partial charge in [-0.25, -0.2) is 4.99 Å². The topological polar surface area (TPSA) is 15.6 Å². The fourth-order valence-electron chi connectivity index (χ4n) is 7.14. The number of nitrogens with zero attached hydrogens (tertiary/aromatic N) is 2. The Morgan fingerprint density at radius 1 is 0.553 bits per heavy atom. The maximum Gasteiger partial charge on any atom is 0.137 e. The second-order valence-corrected chi connectivity index (χ2v) is 10.4. The van der Waals surface area contributed by atoms with Gasteiger partial charge < -0.3 is 4.90 Å². The van der Waals surface area contributed by atoms with Crippen LogP contribution in [0.5, 0.6) is 0 Å². The van der Waals surface area contributed by atoms with Gasteiger partial charge in [0.15, 0.2) is 0 Å². The first-order valence-corrected chi connectivity index (χ1v) is 13.3. The highest BCUT2D eigenvalue weighted by Gasteiger charge is 2.57. The van der Waals surface area contributed by atoms with E-state index >= 15 is 0 Å². The lowest BCUT2D eigenvalue weighted by Gasteiger charge is -2.42. The van der Waals surface area contributed by atoms with E-state index in [0.29, 0.717) is 0 Å². The maximum absolute atomic E-state index is 5.50. The molecule has 0 fully saturated rings. The normalized spacial score (nSPS) is 18.1. The van der Waals surface area contributed by atoms with E-state index in [0.717, 1.165) is 17.1 Å². The van der Waals surface area contributed by atoms with E-state index in [4.69, 9.17) is 4.99 Å². The van der Waals surface area contributed by atoms with Crippen LogP contribution in [0.15, 0.2) is 144 Å². The number of fused-ring (bicyclic) bond motifs is 9. The van der Waals surface area contributed by atoms with Gasteiger partial charge in [-0.15, -0.1) is 0 Å². The molecule has 5 aromatic carbocycles. The van der Waals surface area contributed by atoms with Crippen molar-refractivity contribution in [3.63, 3.8) is 0 Å². The van der Waals surface area contributed by atoms with Gasteiger partial charge in [0.25, 0.3) is 0 Å². The fraction of sp³-hybridized carbons (Fsp3) is 0.0833. The molecule has 0 saturated carbocycles. The summed E-state index contributed by atoms with van der Waals surface area (Å²) in [5.74, 6) is 1.00. The molecular weight excluding hydrogens is 460 g/mol. The van der Waals surface area contributed by atoms with Crippen molar-refractivity contribution in [2.75, 3.05) is 7.05 Å². The molecule has 5 aromatic rings. The van der Waals surface area contributed by atoms with Crippen LogP contribution in [0.25, 0.3) is 16.8 Å². The SMILES string of the molecule is CN1C(c2ccccc2)=NC2=C(C1c1ccccc1)C1(c3ccccc32)c2ccccc2-c2ccccc21. The second kappa shape index (κ2) is 7.90. The van der Waals surface area contributed by atoms with Gasteiger partial charge >= 0.3 is 0 Å². The Morgan fingerprint density at radius 3 is 1.63 bits per heavy atom. The Kier molecular flexibility index (Phi) is 4.45. The maximum atomic E-state index is 5.50. The van der Waals surface area contributed by atoms with E-state index in [2.05, 4.69) is 145 Å². The molecule has 1 atom stereocenters. The van der Waals surface area contributed by atoms with Crippen LogP contribution in [0.4, 0.5) is 0 Å². The third-order valence-corrected chi connectivity index (χ3v) is 8.56. The Bertz CT molecular complexity index is 1730. The van der Waals surface area contributed by atoms with Gasteiger partial charge in [-0.3, -0.25) is 0 Å². The zero-order valence-electron chi connectivity index (χ0n) is 21.2. The predicted octanol–water partition coefficient (Wildman–Crippen LogP) is 7.86. The monoisotopic (exact) mass is 486 g/mol. The van der Waals surface area contributed by atoms with E-state index in [1.165, 1.54) is 44.5 Å². The van der Waals surface area contributed by atoms with Crippen molar-refractivity contribution >= 4 is 11.5 Å². The molecule has 38 heavy (non-hydrogen) atoms. The number of benzene rings is 5. The quantitative estimate of drug-likeness (QED) is 0.248. The largest absolute Gasteiger partial charge is 0.348 e. The van der Waals surface area contributed by atoms with Crippen molar-refractivity contribution in [2.24, 2.45) is 4.99 Å². The molecule has 0 amide bonds. The van der Waals surface area contributed by atoms with E-state index in [-0.39, 0.29) is 6.04 Å². The van der Waals surface area contributed by atoms with Crippen LogP contribution in [0.1, 0.15) is 39.4 Å². The predicted molar refractivity (Wildman–Crippen MR) is 155 cm³/mol. The van der Waals surface area contributed by atoms with Gasteiger partial charge in [0, 0.05) is 23.7 Å². The van der Waals surface area contributed by atoms with E-state index in [1.54, 1.807) is 0 Å². The smallest absolute Gasteiger partial charge is 0.137 e. The number of likely N-dealkylation sites (N-methyl/N-ethyl adjacent to an activating group) is 1. The molecule has 2 aliphatic carbocycles. The van der Waals surface area contributed by atoms with Crippen molar-refractivity contribution < 1.29 is 0 Å². The summed E-state index contributed by atoms with van der Waals surface area (Å²) in [7, 11) is 2.21. The van der Waals surface area contributed by atoms with E-state index in [9.17, 15) is 0 Å². The summed E-state index contributed by atoms with van der Waals surface area (Å²) < 4.78 is 0. The lowest BCUT2D eigenvalue weighted by molar-refractivity contribution is 0.394. The molecule has 1 aliphatic heterocycles. The lowest BCUT2D eigenvalue weighted by Crippen LogP contribution is -2.41. The highest BCUT2D eigenvalue weighted by Crippen LogP contribution is 2.65. The van der Waals surface area contributed by atoms with Crippen LogP contribution < -0.4 is 0 Å². The summed E-state index contributed by atoms with van der Waals surface area (Å²) in [5.41, 5.74) is 12.4. The van der Waals surface area contributed by atoms with Crippen molar-refractivity contribution in [3.8, 4) is 11.1 Å². The first kappa shape index (κ1) is 21.4. The second-order valence-electron chi connectivity index (χ2n) is 10.4. The number of hydrogen-bond acceptors (Lipinski definition) is 2. The van der Waals surface area contributed by atoms with Crippen molar-refractivity contribution in [1.29, 1.82) is 0 Å². The summed E-state index contributed by atoms with van der Waals surface area (Å²) in [5, 5.41) is 0. The zero-order chi connectivity index (χ0) is 25.3. The minimum Gasteiger partial charge on any atom is -0.348 e. The molecule has 0 radical (unpaired) electrons. The van der Waals surface area contributed by atoms with Gasteiger partial charge in [-0.1, -0.05) is 133 Å². The van der Waals surface area contributed by atoms with Gasteiger partial charge in [0.2, 0.25) is 0 Å². The molecule has 2 nitrogen and oxygen atoms in total. The molecule has 0 N–H and O–H groups in total. The summed E-state index contributed by atoms with van der Waals surface area (Å²) in [4.78, 5) is 7.89. The van der Waals surface area contributed by atoms with Crippen molar-refractivity contribution in [2.45, 2.75) is 11.5 Å². The average molecular weight is 487 g/mol. The van der Waals surface area contributed by atoms with E-state index in [1.807, 2.05) is 0 Å². The molecule has 1 heterocycles. The number of hydrogen-bond donors (Lipinski definition) is 0. The Hall–Kier alpha value is -4.69. The van der Waals surface area contributed by atoms with Gasteiger partial charge in [-0.05, 0) is 33.4 Å². The Morgan fingerprint density at radius 2 is 1.03 bits per heavy atom. The first-order chi connectivity index (χ1) is 18.8. The molecule has 1 unspecified atom stereocenters. The Balaban J connectivity index is 1.54. The summed E-state index contributed by atoms with van der Waals surface area (Å²) in [6.45, 7) is 0. The summed E-state index contributed by atoms with van der Waals surface area (Å²) in [6, 6.07) is 48.4. The zero-order valence-corrected chi connectivity index (χ0v) is 21.2. The van der Waals surface area contributed by atoms with Crippen LogP contribution in [-0.4, -0.2) is 17.8 Å². The molecule has 0 saturated heterocycles. The van der Waals surface area contributed by atoms with Crippen molar-refractivity contribution in [3.05, 3.63) is 172 Å². The minimum atomic E-state index is -0.403. The molecule has 0 bridgehead atoms. The molecule has 8 rings (SSSR count). The van der Waals surface area contributed by atoms with Crippen LogP contribution in [0, 0.1) is 0 Å². The Labute approximate surface area is 223 Å². The molecule has 3 aliphatic rings. The third kappa shape index (κ3) is 2.64. The number of rotatable bonds is 2. The molecular formula is C36H26N2. The number of aliphatic imine (C=N–C) groups is 1. The summed E-state index contributed by atoms with van der Waals surface area (Å²) in [6.07, 6.45) is 0. The average Bonchev–Trinajstić information content (AvgIpc) is 3.45. The van der Waals surface area contributed by atoms with Crippen LogP contribution in [0.3, 0.4) is 0 Å². The highest BCUT2D eigenvalue weighted by atomic mass is 15.2. The van der Waals surface area contributed by atoms with Crippen LogP contribution >= 0.6 is 0 Å². The molecule has 180 valence electrons. The molecule has 0 aromatic heterocycles. The fourth-order valence-corrected chi connectivity index (χ4v) is 7.14. The van der Waals surface area contributed by atoms with Gasteiger partial charge in [0.1, 0.15) is 5.84 Å². The minimum absolute atomic E-state index is 0.0190. The van der Waals surface area contributed by atoms with Gasteiger partial charge in [0.05, 0.1) is 17.2 Å². The highest BCUT2D eigenvalue weighted by molar-refractivity contribution is 6.07. The molecule has 2 heteroatoms.